The number of likely N-dealkylation sites (tertiary alicyclic amines) is 1. The molecule has 3 heteroatoms. The van der Waals surface area contributed by atoms with Gasteiger partial charge in [0.2, 0.25) is 5.91 Å². The molecular weight excluding hydrogens is 214 g/mol. The van der Waals surface area contributed by atoms with Gasteiger partial charge in [-0.3, -0.25) is 4.79 Å². The van der Waals surface area contributed by atoms with Gasteiger partial charge in [-0.2, -0.15) is 0 Å². The minimum Gasteiger partial charge on any atom is -0.396 e. The van der Waals surface area contributed by atoms with E-state index in [0.717, 1.165) is 44.1 Å². The zero-order valence-electron chi connectivity index (χ0n) is 10.5. The van der Waals surface area contributed by atoms with Gasteiger partial charge in [-0.1, -0.05) is 6.42 Å². The lowest BCUT2D eigenvalue weighted by Gasteiger charge is -2.25. The lowest BCUT2D eigenvalue weighted by atomic mass is 10.1. The van der Waals surface area contributed by atoms with Crippen molar-refractivity contribution in [3.05, 3.63) is 0 Å². The highest BCUT2D eigenvalue weighted by Gasteiger charge is 2.58. The number of fused-ring (bicyclic) bond motifs is 1. The van der Waals surface area contributed by atoms with Crippen molar-refractivity contribution < 1.29 is 9.90 Å². The predicted octanol–water partition coefficient (Wildman–Crippen LogP) is 1.80. The molecule has 0 aromatic carbocycles. The van der Waals surface area contributed by atoms with E-state index in [1.165, 1.54) is 19.3 Å². The first kappa shape index (κ1) is 11.5. The Bertz CT molecular complexity index is 295. The van der Waals surface area contributed by atoms with Crippen molar-refractivity contribution in [2.75, 3.05) is 13.2 Å². The second kappa shape index (κ2) is 4.60. The van der Waals surface area contributed by atoms with Gasteiger partial charge in [0, 0.05) is 25.1 Å². The number of nitrogens with zero attached hydrogens (tertiary/aromatic N) is 1. The molecule has 1 aliphatic heterocycles. The molecule has 0 aromatic heterocycles. The van der Waals surface area contributed by atoms with Crippen LogP contribution in [0.15, 0.2) is 0 Å². The molecule has 2 saturated carbocycles. The Morgan fingerprint density at radius 1 is 1.18 bits per heavy atom. The SMILES string of the molecule is O=C(C1C2CCCC21)N1CCCC1CCCO. The van der Waals surface area contributed by atoms with Gasteiger partial charge in [-0.25, -0.2) is 0 Å². The van der Waals surface area contributed by atoms with Gasteiger partial charge in [-0.15, -0.1) is 0 Å². The van der Waals surface area contributed by atoms with E-state index in [-0.39, 0.29) is 6.61 Å². The lowest BCUT2D eigenvalue weighted by molar-refractivity contribution is -0.134. The molecule has 3 fully saturated rings. The molecule has 0 aromatic rings. The standard InChI is InChI=1S/C14H23NO2/c16-9-3-5-10-4-2-8-15(10)14(17)13-11-6-1-7-12(11)13/h10-13,16H,1-9H2. The van der Waals surface area contributed by atoms with Crippen LogP contribution >= 0.6 is 0 Å². The van der Waals surface area contributed by atoms with Crippen molar-refractivity contribution in [2.45, 2.75) is 51.0 Å². The van der Waals surface area contributed by atoms with Crippen LogP contribution in [0.25, 0.3) is 0 Å². The van der Waals surface area contributed by atoms with Crippen molar-refractivity contribution in [1.29, 1.82) is 0 Å². The molecule has 3 aliphatic rings. The predicted molar refractivity (Wildman–Crippen MR) is 65.4 cm³/mol. The molecule has 1 amide bonds. The van der Waals surface area contributed by atoms with Crippen LogP contribution in [0.2, 0.25) is 0 Å². The molecule has 1 N–H and O–H groups in total. The number of aliphatic hydroxyl groups is 1. The molecule has 1 heterocycles. The monoisotopic (exact) mass is 237 g/mol. The molecule has 3 atom stereocenters. The van der Waals surface area contributed by atoms with E-state index in [2.05, 4.69) is 4.90 Å². The third-order valence-electron chi connectivity index (χ3n) is 5.05. The molecule has 96 valence electrons. The molecular formula is C14H23NO2. The van der Waals surface area contributed by atoms with Gasteiger partial charge < -0.3 is 10.0 Å². The highest BCUT2D eigenvalue weighted by molar-refractivity contribution is 5.83. The summed E-state index contributed by atoms with van der Waals surface area (Å²) in [5.41, 5.74) is 0. The lowest BCUT2D eigenvalue weighted by Crippen LogP contribution is -2.37. The largest absolute Gasteiger partial charge is 0.396 e. The first-order valence-corrected chi connectivity index (χ1v) is 7.24. The van der Waals surface area contributed by atoms with Gasteiger partial charge in [0.25, 0.3) is 0 Å². The average molecular weight is 237 g/mol. The van der Waals surface area contributed by atoms with Crippen molar-refractivity contribution in [3.63, 3.8) is 0 Å². The maximum Gasteiger partial charge on any atom is 0.226 e. The van der Waals surface area contributed by atoms with Crippen LogP contribution in [0.1, 0.15) is 44.9 Å². The van der Waals surface area contributed by atoms with Crippen molar-refractivity contribution in [3.8, 4) is 0 Å². The van der Waals surface area contributed by atoms with Crippen molar-refractivity contribution in [1.82, 2.24) is 4.90 Å². The third kappa shape index (κ3) is 1.99. The highest BCUT2D eigenvalue weighted by Crippen LogP contribution is 2.58. The Kier molecular flexibility index (Phi) is 3.12. The molecule has 2 aliphatic carbocycles. The summed E-state index contributed by atoms with van der Waals surface area (Å²) >= 11 is 0. The summed E-state index contributed by atoms with van der Waals surface area (Å²) in [5.74, 6) is 2.31. The summed E-state index contributed by atoms with van der Waals surface area (Å²) in [5, 5.41) is 8.90. The van der Waals surface area contributed by atoms with E-state index in [9.17, 15) is 4.79 Å². The summed E-state index contributed by atoms with van der Waals surface area (Å²) in [6.45, 7) is 1.22. The number of carbonyl (C=O) groups is 1. The van der Waals surface area contributed by atoms with Crippen LogP contribution in [0.5, 0.6) is 0 Å². The normalized spacial score (nSPS) is 39.5. The van der Waals surface area contributed by atoms with Crippen LogP contribution < -0.4 is 0 Å². The fourth-order valence-electron chi connectivity index (χ4n) is 4.13. The molecule has 3 rings (SSSR count). The number of rotatable bonds is 4. The van der Waals surface area contributed by atoms with Crippen LogP contribution in [0.3, 0.4) is 0 Å². The number of amides is 1. The number of carbonyl (C=O) groups excluding carboxylic acids is 1. The van der Waals surface area contributed by atoms with Gasteiger partial charge in [0.15, 0.2) is 0 Å². The fourth-order valence-corrected chi connectivity index (χ4v) is 4.13. The second-order valence-corrected chi connectivity index (χ2v) is 5.98. The van der Waals surface area contributed by atoms with Gasteiger partial charge in [0.1, 0.15) is 0 Å². The highest BCUT2D eigenvalue weighted by atomic mass is 16.3. The Balaban J connectivity index is 1.57. The van der Waals surface area contributed by atoms with Crippen molar-refractivity contribution in [2.24, 2.45) is 17.8 Å². The van der Waals surface area contributed by atoms with Gasteiger partial charge in [0.05, 0.1) is 0 Å². The number of aliphatic hydroxyl groups excluding tert-OH is 1. The smallest absolute Gasteiger partial charge is 0.226 e. The zero-order valence-corrected chi connectivity index (χ0v) is 10.5. The summed E-state index contributed by atoms with van der Waals surface area (Å²) in [6, 6.07) is 0.427. The van der Waals surface area contributed by atoms with E-state index in [4.69, 9.17) is 5.11 Å². The van der Waals surface area contributed by atoms with Gasteiger partial charge >= 0.3 is 0 Å². The molecule has 0 spiro atoms. The Morgan fingerprint density at radius 3 is 2.65 bits per heavy atom. The Hall–Kier alpha value is -0.570. The van der Waals surface area contributed by atoms with E-state index in [1.807, 2.05) is 0 Å². The maximum atomic E-state index is 12.5. The molecule has 3 nitrogen and oxygen atoms in total. The maximum absolute atomic E-state index is 12.5. The molecule has 3 unspecified atom stereocenters. The van der Waals surface area contributed by atoms with Crippen LogP contribution in [-0.4, -0.2) is 35.1 Å². The number of hydrogen-bond donors (Lipinski definition) is 1. The molecule has 1 saturated heterocycles. The summed E-state index contributed by atoms with van der Waals surface area (Å²) in [4.78, 5) is 14.6. The van der Waals surface area contributed by atoms with Crippen LogP contribution in [0.4, 0.5) is 0 Å². The molecule has 17 heavy (non-hydrogen) atoms. The molecule has 0 bridgehead atoms. The van der Waals surface area contributed by atoms with Crippen LogP contribution in [0, 0.1) is 17.8 Å². The van der Waals surface area contributed by atoms with E-state index in [1.54, 1.807) is 0 Å². The molecule has 0 radical (unpaired) electrons. The minimum absolute atomic E-state index is 0.257. The summed E-state index contributed by atoms with van der Waals surface area (Å²) in [7, 11) is 0. The summed E-state index contributed by atoms with van der Waals surface area (Å²) < 4.78 is 0. The second-order valence-electron chi connectivity index (χ2n) is 5.98. The quantitative estimate of drug-likeness (QED) is 0.810. The third-order valence-corrected chi connectivity index (χ3v) is 5.05. The van der Waals surface area contributed by atoms with E-state index < -0.39 is 0 Å². The first-order valence-electron chi connectivity index (χ1n) is 7.24. The Labute approximate surface area is 103 Å². The zero-order chi connectivity index (χ0) is 11.8. The minimum atomic E-state index is 0.257. The average Bonchev–Trinajstić information content (AvgIpc) is 2.76. The van der Waals surface area contributed by atoms with E-state index in [0.29, 0.717) is 17.9 Å². The number of hydrogen-bond acceptors (Lipinski definition) is 2. The Morgan fingerprint density at radius 2 is 1.94 bits per heavy atom. The van der Waals surface area contributed by atoms with Crippen molar-refractivity contribution >= 4 is 5.91 Å². The first-order chi connectivity index (χ1) is 8.33. The topological polar surface area (TPSA) is 40.5 Å². The van der Waals surface area contributed by atoms with Gasteiger partial charge in [-0.05, 0) is 50.4 Å². The summed E-state index contributed by atoms with van der Waals surface area (Å²) in [6.07, 6.45) is 8.05. The fraction of sp³-hybridized carbons (Fsp3) is 0.929. The van der Waals surface area contributed by atoms with Crippen LogP contribution in [-0.2, 0) is 4.79 Å². The van der Waals surface area contributed by atoms with E-state index >= 15 is 0 Å².